The normalized spacial score (nSPS) is 13.8. The molecule has 0 saturated carbocycles. The number of Topliss-reactive ketones (excluding diaryl/α,β-unsaturated/α-hetero) is 2. The molecule has 0 bridgehead atoms. The van der Waals surface area contributed by atoms with Crippen molar-refractivity contribution in [2.75, 3.05) is 12.0 Å². The van der Waals surface area contributed by atoms with Gasteiger partial charge in [0.25, 0.3) is 11.6 Å². The fourth-order valence-electron chi connectivity index (χ4n) is 6.89. The van der Waals surface area contributed by atoms with Gasteiger partial charge in [0.15, 0.2) is 0 Å². The summed E-state index contributed by atoms with van der Waals surface area (Å²) in [5, 5.41) is 27.7. The highest BCUT2D eigenvalue weighted by Gasteiger charge is 2.36. The van der Waals surface area contributed by atoms with E-state index in [1.165, 1.54) is 0 Å². The van der Waals surface area contributed by atoms with Crippen LogP contribution in [0, 0.1) is 11.3 Å². The minimum absolute atomic E-state index is 0.0984. The number of carboxylic acid groups (broad SMARTS) is 2. The molecule has 5 aromatic carbocycles. The Labute approximate surface area is 344 Å². The molecule has 1 unspecified atom stereocenters. The van der Waals surface area contributed by atoms with E-state index in [2.05, 4.69) is 6.07 Å². The van der Waals surface area contributed by atoms with Gasteiger partial charge in [-0.25, -0.2) is 9.59 Å². The van der Waals surface area contributed by atoms with Gasteiger partial charge >= 0.3 is 11.9 Å². The molecule has 1 aliphatic heterocycles. The van der Waals surface area contributed by atoms with Gasteiger partial charge in [0.1, 0.15) is 30.5 Å². The number of carbonyl (C=O) groups is 4. The van der Waals surface area contributed by atoms with Crippen LogP contribution in [-0.2, 0) is 27.6 Å². The lowest BCUT2D eigenvalue weighted by Crippen LogP contribution is -2.28. The Balaban J connectivity index is 0.000000181. The number of rotatable bonds is 13. The van der Waals surface area contributed by atoms with E-state index < -0.39 is 23.5 Å². The maximum atomic E-state index is 12.1. The highest BCUT2D eigenvalue weighted by molar-refractivity contribution is 6.42. The number of aliphatic carboxylic acids is 2. The molecular weight excluding hydrogens is 763 g/mol. The summed E-state index contributed by atoms with van der Waals surface area (Å²) in [7, 11) is 1.62. The summed E-state index contributed by atoms with van der Waals surface area (Å²) in [6.07, 6.45) is 9.52. The second-order valence-electron chi connectivity index (χ2n) is 13.7. The van der Waals surface area contributed by atoms with E-state index in [0.717, 1.165) is 39.3 Å². The van der Waals surface area contributed by atoms with Crippen molar-refractivity contribution >= 4 is 40.1 Å². The number of ether oxygens (including phenoxy) is 3. The molecule has 12 heteroatoms. The molecule has 2 N–H and O–H groups in total. The van der Waals surface area contributed by atoms with Gasteiger partial charge < -0.3 is 33.9 Å². The number of nitrogens with zero attached hydrogens (tertiary/aromatic N) is 3. The zero-order chi connectivity index (χ0) is 42.2. The number of hydrogen-bond donors (Lipinski definition) is 2. The van der Waals surface area contributed by atoms with E-state index in [1.54, 1.807) is 54.4 Å². The van der Waals surface area contributed by atoms with Crippen LogP contribution in [0.1, 0.15) is 33.5 Å². The van der Waals surface area contributed by atoms with Crippen molar-refractivity contribution in [2.45, 2.75) is 25.7 Å². The number of nitriles is 1. The fourth-order valence-corrected chi connectivity index (χ4v) is 6.89. The predicted octanol–water partition coefficient (Wildman–Crippen LogP) is 8.24. The number of para-hydroxylation sites is 1. The van der Waals surface area contributed by atoms with Crippen molar-refractivity contribution in [3.63, 3.8) is 0 Å². The number of allylic oxidation sites excluding steroid dienone is 2. The molecule has 60 heavy (non-hydrogen) atoms. The Morgan fingerprint density at radius 1 is 0.733 bits per heavy atom. The number of aromatic nitrogens is 1. The molecule has 0 amide bonds. The van der Waals surface area contributed by atoms with Crippen LogP contribution in [0.4, 0.5) is 5.69 Å². The number of benzene rings is 5. The second-order valence-corrected chi connectivity index (χ2v) is 13.7. The van der Waals surface area contributed by atoms with Crippen molar-refractivity contribution in [2.24, 2.45) is 0 Å². The van der Waals surface area contributed by atoms with Gasteiger partial charge in [-0.15, -0.1) is 0 Å². The number of fused-ring (bicyclic) bond motifs is 2. The van der Waals surface area contributed by atoms with Crippen molar-refractivity contribution in [3.05, 3.63) is 185 Å². The third kappa shape index (κ3) is 8.86. The zero-order valence-electron chi connectivity index (χ0n) is 32.2. The summed E-state index contributed by atoms with van der Waals surface area (Å²) in [6, 6.07) is 38.9. The molecule has 0 saturated heterocycles. The van der Waals surface area contributed by atoms with Crippen LogP contribution in [-0.4, -0.2) is 51.4 Å². The number of carbonyl (C=O) groups excluding carboxylic acids is 2. The lowest BCUT2D eigenvalue weighted by molar-refractivity contribution is -0.147. The molecule has 1 atom stereocenters. The molecule has 0 spiro atoms. The largest absolute Gasteiger partial charge is 0.497 e. The maximum Gasteiger partial charge on any atom is 0.377 e. The highest BCUT2D eigenvalue weighted by Crippen LogP contribution is 2.37. The molecule has 2 heterocycles. The van der Waals surface area contributed by atoms with Gasteiger partial charge in [0.05, 0.1) is 41.4 Å². The topological polar surface area (TPSA) is 168 Å². The first-order valence-corrected chi connectivity index (χ1v) is 18.7. The first-order chi connectivity index (χ1) is 29.1. The highest BCUT2D eigenvalue weighted by atomic mass is 16.5. The first-order valence-electron chi connectivity index (χ1n) is 18.7. The summed E-state index contributed by atoms with van der Waals surface area (Å²) in [5.41, 5.74) is 6.07. The Morgan fingerprint density at radius 3 is 2.03 bits per heavy atom. The van der Waals surface area contributed by atoms with Crippen LogP contribution in [0.25, 0.3) is 16.6 Å². The summed E-state index contributed by atoms with van der Waals surface area (Å²) < 4.78 is 18.7. The van der Waals surface area contributed by atoms with E-state index >= 15 is 0 Å². The molecule has 0 radical (unpaired) electrons. The molecule has 298 valence electrons. The van der Waals surface area contributed by atoms with E-state index in [1.807, 2.05) is 114 Å². The number of ketones is 2. The molecule has 1 aromatic heterocycles. The van der Waals surface area contributed by atoms with Crippen molar-refractivity contribution in [1.82, 2.24) is 4.57 Å². The Kier molecular flexibility index (Phi) is 12.0. The monoisotopic (exact) mass is 799 g/mol. The number of anilines is 1. The van der Waals surface area contributed by atoms with E-state index in [9.17, 15) is 19.2 Å². The van der Waals surface area contributed by atoms with Gasteiger partial charge in [-0.1, -0.05) is 60.7 Å². The average molecular weight is 800 g/mol. The third-order valence-corrected chi connectivity index (χ3v) is 9.91. The van der Waals surface area contributed by atoms with Gasteiger partial charge in [0, 0.05) is 29.2 Å². The summed E-state index contributed by atoms with van der Waals surface area (Å²) in [5.74, 6) is -2.59. The van der Waals surface area contributed by atoms with Crippen LogP contribution >= 0.6 is 0 Å². The summed E-state index contributed by atoms with van der Waals surface area (Å²) in [6.45, 7) is 0.784. The third-order valence-electron chi connectivity index (χ3n) is 9.91. The van der Waals surface area contributed by atoms with Gasteiger partial charge in [-0.2, -0.15) is 5.26 Å². The summed E-state index contributed by atoms with van der Waals surface area (Å²) >= 11 is 0. The van der Waals surface area contributed by atoms with Gasteiger partial charge in [-0.3, -0.25) is 9.59 Å². The summed E-state index contributed by atoms with van der Waals surface area (Å²) in [4.78, 5) is 48.5. The predicted molar refractivity (Wildman–Crippen MR) is 223 cm³/mol. The van der Waals surface area contributed by atoms with Crippen LogP contribution in [0.5, 0.6) is 17.2 Å². The average Bonchev–Trinajstić information content (AvgIpc) is 3.87. The fraction of sp³-hybridized carbons (Fsp3) is 0.104. The first kappa shape index (κ1) is 40.0. The van der Waals surface area contributed by atoms with Gasteiger partial charge in [0.2, 0.25) is 0 Å². The van der Waals surface area contributed by atoms with Crippen LogP contribution < -0.4 is 19.1 Å². The Morgan fingerprint density at radius 2 is 1.38 bits per heavy atom. The minimum Gasteiger partial charge on any atom is -0.497 e. The van der Waals surface area contributed by atoms with Crippen molar-refractivity contribution in [3.8, 4) is 29.0 Å². The number of carboxylic acids is 2. The zero-order valence-corrected chi connectivity index (χ0v) is 32.2. The molecule has 6 aromatic rings. The molecular formula is C48H37N3O9. The lowest BCUT2D eigenvalue weighted by Gasteiger charge is -2.27. The quantitative estimate of drug-likeness (QED) is 0.0853. The van der Waals surface area contributed by atoms with E-state index in [0.29, 0.717) is 42.1 Å². The number of methoxy groups -OCH3 is 1. The molecule has 2 aliphatic rings. The maximum absolute atomic E-state index is 12.1. The van der Waals surface area contributed by atoms with E-state index in [4.69, 9.17) is 29.7 Å². The van der Waals surface area contributed by atoms with Crippen LogP contribution in [0.3, 0.4) is 0 Å². The Bertz CT molecular complexity index is 2720. The van der Waals surface area contributed by atoms with Crippen molar-refractivity contribution in [1.29, 1.82) is 5.26 Å². The van der Waals surface area contributed by atoms with Crippen molar-refractivity contribution < 1.29 is 43.6 Å². The molecule has 12 nitrogen and oxygen atoms in total. The standard InChI is InChI=1S/C24H18N2O4.C24H19NO5/c25-13-16-5-7-17(8-6-16)15-30-19-11-9-18(10-12-19)26-14-21(23(27)24(28)29)20-3-1-2-4-22(20)26;1-29-19-6-4-5-16(13-19)15-30-18-11-9-17(10-12-18)25-14-21(23(26)24(27)28)20-7-2-3-8-22(20)25/h1-3,5-12,14,22H,4,15H2,(H,28,29);2-14H,15H2,1H3,(H,27,28). The number of hydrogen-bond acceptors (Lipinski definition) is 9. The van der Waals surface area contributed by atoms with E-state index in [-0.39, 0.29) is 17.2 Å². The van der Waals surface area contributed by atoms with Crippen LogP contribution in [0.15, 0.2) is 163 Å². The van der Waals surface area contributed by atoms with Crippen LogP contribution in [0.2, 0.25) is 0 Å². The lowest BCUT2D eigenvalue weighted by atomic mass is 9.93. The smallest absolute Gasteiger partial charge is 0.377 e. The Hall–Kier alpha value is -8.17. The van der Waals surface area contributed by atoms with Gasteiger partial charge in [-0.05, 0) is 102 Å². The SMILES string of the molecule is COc1cccc(COc2ccc(-n3cc(C(=O)C(=O)O)c4ccccc43)cc2)c1.N#Cc1ccc(COc2ccc(N3C=C(C(=O)C(=O)O)C4=CC=CCC43)cc2)cc1. The molecule has 8 rings (SSSR count). The molecule has 1 aliphatic carbocycles. The minimum atomic E-state index is -1.47. The molecule has 0 fully saturated rings. The second kappa shape index (κ2) is 18.0.